The fourth-order valence-corrected chi connectivity index (χ4v) is 4.31. The van der Waals surface area contributed by atoms with Crippen LogP contribution >= 0.6 is 11.6 Å². The lowest BCUT2D eigenvalue weighted by atomic mass is 9.92. The van der Waals surface area contributed by atoms with Crippen molar-refractivity contribution in [3.05, 3.63) is 40.9 Å². The average molecular weight is 402 g/mol. The number of aromatic nitrogens is 2. The van der Waals surface area contributed by atoms with Crippen molar-refractivity contribution in [2.24, 2.45) is 7.05 Å². The molecule has 6 heteroatoms. The van der Waals surface area contributed by atoms with E-state index in [1.165, 1.54) is 5.56 Å². The molecule has 0 aliphatic carbocycles. The summed E-state index contributed by atoms with van der Waals surface area (Å²) in [6.45, 7) is 4.46. The van der Waals surface area contributed by atoms with Crippen molar-refractivity contribution in [1.29, 1.82) is 0 Å². The standard InChI is InChI=1S/C22H30ClN4O/c1-7-14(8-2)16-10-12-19(28-6)20-21(16)26(3)22(25-20)27(4,5)18-13-15(23)9-11-17(18)24/h9-14H,7-8,24H2,1-6H3/q+1. The third kappa shape index (κ3) is 3.23. The number of methoxy groups -OCH3 is 1. The number of benzene rings is 2. The molecular weight excluding hydrogens is 372 g/mol. The summed E-state index contributed by atoms with van der Waals surface area (Å²) < 4.78 is 8.18. The molecule has 0 amide bonds. The first kappa shape index (κ1) is 20.5. The first-order valence-electron chi connectivity index (χ1n) is 9.69. The Morgan fingerprint density at radius 3 is 2.46 bits per heavy atom. The molecule has 0 unspecified atom stereocenters. The number of nitrogen functional groups attached to an aromatic ring is 1. The summed E-state index contributed by atoms with van der Waals surface area (Å²) in [6, 6.07) is 9.77. The Balaban J connectivity index is 2.32. The van der Waals surface area contributed by atoms with E-state index in [9.17, 15) is 0 Å². The number of rotatable bonds is 6. The van der Waals surface area contributed by atoms with Crippen molar-refractivity contribution in [2.75, 3.05) is 26.9 Å². The molecule has 2 aromatic carbocycles. The molecule has 3 rings (SSSR count). The maximum atomic E-state index is 6.30. The lowest BCUT2D eigenvalue weighted by molar-refractivity contribution is 0.418. The molecule has 0 fully saturated rings. The molecule has 0 spiro atoms. The number of imidazole rings is 1. The molecule has 150 valence electrons. The van der Waals surface area contributed by atoms with Gasteiger partial charge in [-0.2, -0.15) is 4.98 Å². The first-order valence-corrected chi connectivity index (χ1v) is 10.1. The number of aryl methyl sites for hydroxylation is 1. The lowest BCUT2D eigenvalue weighted by Crippen LogP contribution is -2.37. The van der Waals surface area contributed by atoms with Crippen LogP contribution < -0.4 is 15.0 Å². The van der Waals surface area contributed by atoms with Crippen LogP contribution in [0.4, 0.5) is 17.3 Å². The summed E-state index contributed by atoms with van der Waals surface area (Å²) in [6.07, 6.45) is 2.16. The highest BCUT2D eigenvalue weighted by Crippen LogP contribution is 2.41. The Bertz CT molecular complexity index is 1010. The highest BCUT2D eigenvalue weighted by Gasteiger charge is 2.33. The smallest absolute Gasteiger partial charge is 0.314 e. The van der Waals surface area contributed by atoms with Crippen molar-refractivity contribution in [3.8, 4) is 5.75 Å². The van der Waals surface area contributed by atoms with E-state index in [0.717, 1.165) is 41.3 Å². The number of anilines is 1. The topological polar surface area (TPSA) is 53.1 Å². The number of nitrogens with zero attached hydrogens (tertiary/aromatic N) is 3. The van der Waals surface area contributed by atoms with Gasteiger partial charge in [0.25, 0.3) is 0 Å². The minimum atomic E-state index is 0.378. The second kappa shape index (κ2) is 7.64. The number of hydrogen-bond acceptors (Lipinski definition) is 3. The molecule has 0 saturated heterocycles. The zero-order valence-corrected chi connectivity index (χ0v) is 18.3. The van der Waals surface area contributed by atoms with E-state index in [4.69, 9.17) is 27.1 Å². The van der Waals surface area contributed by atoms with E-state index >= 15 is 0 Å². The van der Waals surface area contributed by atoms with Crippen LogP contribution in [0.3, 0.4) is 0 Å². The van der Waals surface area contributed by atoms with Crippen LogP contribution in [-0.4, -0.2) is 30.8 Å². The van der Waals surface area contributed by atoms with Crippen molar-refractivity contribution in [3.63, 3.8) is 0 Å². The fraction of sp³-hybridized carbons (Fsp3) is 0.409. The number of halogens is 1. The van der Waals surface area contributed by atoms with Crippen molar-refractivity contribution in [2.45, 2.75) is 32.6 Å². The van der Waals surface area contributed by atoms with Gasteiger partial charge < -0.3 is 10.5 Å². The highest BCUT2D eigenvalue weighted by atomic mass is 35.5. The van der Waals surface area contributed by atoms with E-state index in [0.29, 0.717) is 21.1 Å². The van der Waals surface area contributed by atoms with Crippen LogP contribution in [0.1, 0.15) is 38.2 Å². The summed E-state index contributed by atoms with van der Waals surface area (Å²) in [5.41, 5.74) is 11.2. The highest BCUT2D eigenvalue weighted by molar-refractivity contribution is 6.31. The summed E-state index contributed by atoms with van der Waals surface area (Å²) in [5.74, 6) is 2.13. The Labute approximate surface area is 172 Å². The molecular formula is C22H30ClN4O+. The predicted octanol–water partition coefficient (Wildman–Crippen LogP) is 5.62. The molecule has 0 aliphatic rings. The molecule has 0 atom stereocenters. The summed E-state index contributed by atoms with van der Waals surface area (Å²) >= 11 is 6.27. The normalized spacial score (nSPS) is 12.1. The predicted molar refractivity (Wildman–Crippen MR) is 120 cm³/mol. The molecule has 3 aromatic rings. The number of quaternary nitrogens is 1. The maximum Gasteiger partial charge on any atom is 0.314 e. The monoisotopic (exact) mass is 401 g/mol. The van der Waals surface area contributed by atoms with Gasteiger partial charge in [0.05, 0.1) is 32.4 Å². The maximum absolute atomic E-state index is 6.30. The van der Waals surface area contributed by atoms with Gasteiger partial charge in [0.1, 0.15) is 11.3 Å². The third-order valence-electron chi connectivity index (χ3n) is 5.73. The van der Waals surface area contributed by atoms with Crippen molar-refractivity contribution < 1.29 is 4.74 Å². The number of ether oxygens (including phenoxy) is 1. The Hall–Kier alpha value is -2.24. The second-order valence-electron chi connectivity index (χ2n) is 7.70. The van der Waals surface area contributed by atoms with E-state index in [-0.39, 0.29) is 0 Å². The molecule has 0 bridgehead atoms. The van der Waals surface area contributed by atoms with E-state index in [1.54, 1.807) is 7.11 Å². The Kier molecular flexibility index (Phi) is 5.60. The van der Waals surface area contributed by atoms with Gasteiger partial charge in [-0.1, -0.05) is 31.5 Å². The minimum Gasteiger partial charge on any atom is -0.494 e. The zero-order chi connectivity index (χ0) is 20.6. The Morgan fingerprint density at radius 2 is 1.86 bits per heavy atom. The summed E-state index contributed by atoms with van der Waals surface area (Å²) in [5, 5.41) is 0.657. The molecule has 1 aromatic heterocycles. The molecule has 1 heterocycles. The van der Waals surface area contributed by atoms with Crippen LogP contribution in [-0.2, 0) is 7.05 Å². The first-order chi connectivity index (χ1) is 13.3. The second-order valence-corrected chi connectivity index (χ2v) is 8.13. The molecule has 0 saturated carbocycles. The van der Waals surface area contributed by atoms with Gasteiger partial charge in [-0.05, 0) is 42.5 Å². The van der Waals surface area contributed by atoms with Gasteiger partial charge in [-0.15, -0.1) is 0 Å². The summed E-state index contributed by atoms with van der Waals surface area (Å²) in [7, 11) is 7.91. The number of nitrogens with two attached hydrogens (primary N) is 1. The molecule has 28 heavy (non-hydrogen) atoms. The van der Waals surface area contributed by atoms with Crippen molar-refractivity contribution >= 4 is 40.0 Å². The van der Waals surface area contributed by atoms with E-state index < -0.39 is 0 Å². The van der Waals surface area contributed by atoms with E-state index in [2.05, 4.69) is 45.6 Å². The molecule has 2 N–H and O–H groups in total. The van der Waals surface area contributed by atoms with Gasteiger partial charge in [-0.25, -0.2) is 4.48 Å². The quantitative estimate of drug-likeness (QED) is 0.430. The van der Waals surface area contributed by atoms with Gasteiger partial charge in [-0.3, -0.25) is 4.57 Å². The van der Waals surface area contributed by atoms with Crippen LogP contribution in [0.25, 0.3) is 11.0 Å². The minimum absolute atomic E-state index is 0.378. The Morgan fingerprint density at radius 1 is 1.18 bits per heavy atom. The van der Waals surface area contributed by atoms with Crippen LogP contribution in [0.2, 0.25) is 5.02 Å². The van der Waals surface area contributed by atoms with Crippen LogP contribution in [0, 0.1) is 0 Å². The third-order valence-corrected chi connectivity index (χ3v) is 5.97. The van der Waals surface area contributed by atoms with Crippen LogP contribution in [0.15, 0.2) is 30.3 Å². The van der Waals surface area contributed by atoms with Gasteiger partial charge in [0.15, 0.2) is 5.69 Å². The van der Waals surface area contributed by atoms with Crippen molar-refractivity contribution in [1.82, 2.24) is 14.0 Å². The zero-order valence-electron chi connectivity index (χ0n) is 17.6. The summed E-state index contributed by atoms with van der Waals surface area (Å²) in [4.78, 5) is 5.03. The van der Waals surface area contributed by atoms with E-state index in [1.807, 2.05) is 24.3 Å². The van der Waals surface area contributed by atoms with Gasteiger partial charge in [0, 0.05) is 18.1 Å². The average Bonchev–Trinajstić information content (AvgIpc) is 3.03. The van der Waals surface area contributed by atoms with Crippen LogP contribution in [0.5, 0.6) is 5.75 Å². The fourth-order valence-electron chi connectivity index (χ4n) is 4.14. The lowest BCUT2D eigenvalue weighted by Gasteiger charge is -2.28. The van der Waals surface area contributed by atoms with Gasteiger partial charge >= 0.3 is 5.95 Å². The largest absolute Gasteiger partial charge is 0.494 e. The van der Waals surface area contributed by atoms with Gasteiger partial charge in [0.2, 0.25) is 0 Å². The number of hydrogen-bond donors (Lipinski definition) is 1. The molecule has 0 radical (unpaired) electrons. The molecule has 5 nitrogen and oxygen atoms in total. The SMILES string of the molecule is CCC(CC)c1ccc(OC)c2nc([N+](C)(C)c3cc(Cl)ccc3N)n(C)c12. The number of fused-ring (bicyclic) bond motifs is 1. The molecule has 0 aliphatic heterocycles.